The number of nitrogens with one attached hydrogen (secondary N) is 1. The first kappa shape index (κ1) is 20.3. The van der Waals surface area contributed by atoms with Gasteiger partial charge in [0.25, 0.3) is 5.91 Å². The van der Waals surface area contributed by atoms with E-state index in [4.69, 9.17) is 0 Å². The van der Waals surface area contributed by atoms with Crippen molar-refractivity contribution in [2.24, 2.45) is 0 Å². The van der Waals surface area contributed by atoms with E-state index in [1.165, 1.54) is 0 Å². The lowest BCUT2D eigenvalue weighted by atomic mass is 10.0. The number of fused-ring (bicyclic) bond motifs is 2. The molecule has 158 valence electrons. The molecule has 2 aromatic carbocycles. The van der Waals surface area contributed by atoms with Crippen LogP contribution in [0.3, 0.4) is 0 Å². The van der Waals surface area contributed by atoms with Crippen LogP contribution in [0.25, 0.3) is 27.7 Å². The number of ether oxygens (including phenoxy) is 1. The summed E-state index contributed by atoms with van der Waals surface area (Å²) < 4.78 is 46.4. The lowest BCUT2D eigenvalue weighted by molar-refractivity contribution is -0.142. The Morgan fingerprint density at radius 2 is 1.87 bits per heavy atom. The normalized spacial score (nSPS) is 11.6. The van der Waals surface area contributed by atoms with Gasteiger partial charge in [-0.25, -0.2) is 9.50 Å². The Bertz CT molecular complexity index is 1310. The molecule has 4 rings (SSSR count). The Morgan fingerprint density at radius 1 is 1.13 bits per heavy atom. The molecule has 0 spiro atoms. The third kappa shape index (κ3) is 3.79. The Kier molecular flexibility index (Phi) is 5.05. The summed E-state index contributed by atoms with van der Waals surface area (Å²) >= 11 is 0. The van der Waals surface area contributed by atoms with Crippen LogP contribution in [0.1, 0.15) is 16.1 Å². The monoisotopic (exact) mass is 428 g/mol. The summed E-state index contributed by atoms with van der Waals surface area (Å²) in [6, 6.07) is 13.3. The van der Waals surface area contributed by atoms with Gasteiger partial charge in [-0.2, -0.15) is 18.3 Å². The molecule has 0 atom stereocenters. The molecule has 7 nitrogen and oxygen atoms in total. The van der Waals surface area contributed by atoms with Crippen molar-refractivity contribution in [2.45, 2.75) is 6.18 Å². The van der Waals surface area contributed by atoms with Crippen LogP contribution in [0.2, 0.25) is 0 Å². The van der Waals surface area contributed by atoms with Crippen LogP contribution in [0, 0.1) is 0 Å². The largest absolute Gasteiger partial charge is 0.468 e. The second-order valence-electron chi connectivity index (χ2n) is 6.60. The van der Waals surface area contributed by atoms with Gasteiger partial charge in [-0.3, -0.25) is 9.59 Å². The van der Waals surface area contributed by atoms with Gasteiger partial charge >= 0.3 is 12.1 Å². The Labute approximate surface area is 173 Å². The van der Waals surface area contributed by atoms with Crippen molar-refractivity contribution >= 4 is 28.3 Å². The predicted molar refractivity (Wildman–Crippen MR) is 105 cm³/mol. The van der Waals surface area contributed by atoms with E-state index in [0.717, 1.165) is 24.8 Å². The standard InChI is InChI=1S/C21H15F3N4O3/c1-31-18(29)11-25-20(30)15-10-26-28-17(21(22,23)24)9-16(27-19(15)28)14-8-4-6-12-5-2-3-7-13(12)14/h2-10H,11H2,1H3,(H,25,30). The molecular formula is C21H15F3N4O3. The maximum absolute atomic E-state index is 13.8. The molecule has 2 aromatic heterocycles. The number of nitrogens with zero attached hydrogens (tertiary/aromatic N) is 3. The Balaban J connectivity index is 1.91. The van der Waals surface area contributed by atoms with E-state index in [9.17, 15) is 22.8 Å². The number of benzene rings is 2. The van der Waals surface area contributed by atoms with Gasteiger partial charge in [0.05, 0.1) is 19.0 Å². The number of carbonyl (C=O) groups excluding carboxylic acids is 2. The van der Waals surface area contributed by atoms with Crippen molar-refractivity contribution in [1.82, 2.24) is 19.9 Å². The van der Waals surface area contributed by atoms with Gasteiger partial charge in [0, 0.05) is 5.56 Å². The van der Waals surface area contributed by atoms with Crippen LogP contribution in [0.15, 0.2) is 54.7 Å². The van der Waals surface area contributed by atoms with Gasteiger partial charge in [-0.15, -0.1) is 0 Å². The lowest BCUT2D eigenvalue weighted by Crippen LogP contribution is -2.30. The van der Waals surface area contributed by atoms with Crippen LogP contribution in [0.5, 0.6) is 0 Å². The molecule has 2 heterocycles. The highest BCUT2D eigenvalue weighted by Crippen LogP contribution is 2.34. The zero-order valence-corrected chi connectivity index (χ0v) is 16.1. The summed E-state index contributed by atoms with van der Waals surface area (Å²) in [4.78, 5) is 28.1. The zero-order chi connectivity index (χ0) is 22.2. The van der Waals surface area contributed by atoms with Crippen LogP contribution >= 0.6 is 0 Å². The third-order valence-corrected chi connectivity index (χ3v) is 4.69. The van der Waals surface area contributed by atoms with Crippen LogP contribution in [-0.4, -0.2) is 40.1 Å². The molecule has 0 fully saturated rings. The summed E-state index contributed by atoms with van der Waals surface area (Å²) in [5, 5.41) is 7.54. The molecule has 0 aliphatic heterocycles. The van der Waals surface area contributed by atoms with Gasteiger partial charge in [0.2, 0.25) is 0 Å². The van der Waals surface area contributed by atoms with E-state index < -0.39 is 30.3 Å². The number of hydrogen-bond acceptors (Lipinski definition) is 5. The van der Waals surface area contributed by atoms with Crippen LogP contribution < -0.4 is 5.32 Å². The highest BCUT2D eigenvalue weighted by Gasteiger charge is 2.36. The molecule has 0 bridgehead atoms. The number of hydrogen-bond donors (Lipinski definition) is 1. The molecule has 0 unspecified atom stereocenters. The number of carbonyl (C=O) groups is 2. The highest BCUT2D eigenvalue weighted by atomic mass is 19.4. The summed E-state index contributed by atoms with van der Waals surface area (Å²) in [6.45, 7) is -0.443. The molecule has 10 heteroatoms. The predicted octanol–water partition coefficient (Wildman–Crippen LogP) is 3.47. The molecule has 0 saturated carbocycles. The quantitative estimate of drug-likeness (QED) is 0.503. The first-order chi connectivity index (χ1) is 14.8. The van der Waals surface area contributed by atoms with E-state index in [-0.39, 0.29) is 16.9 Å². The summed E-state index contributed by atoms with van der Waals surface area (Å²) in [5.41, 5.74) is -1.03. The minimum Gasteiger partial charge on any atom is -0.468 e. The summed E-state index contributed by atoms with van der Waals surface area (Å²) in [7, 11) is 1.15. The van der Waals surface area contributed by atoms with Crippen molar-refractivity contribution < 1.29 is 27.5 Å². The molecule has 1 amide bonds. The number of methoxy groups -OCH3 is 1. The lowest BCUT2D eigenvalue weighted by Gasteiger charge is -2.13. The average Bonchev–Trinajstić information content (AvgIpc) is 3.19. The molecule has 0 saturated heterocycles. The molecule has 1 N–H and O–H groups in total. The second-order valence-corrected chi connectivity index (χ2v) is 6.60. The van der Waals surface area contributed by atoms with Crippen molar-refractivity contribution in [3.63, 3.8) is 0 Å². The highest BCUT2D eigenvalue weighted by molar-refractivity contribution is 6.01. The topological polar surface area (TPSA) is 85.6 Å². The Morgan fingerprint density at radius 3 is 2.61 bits per heavy atom. The van der Waals surface area contributed by atoms with Gasteiger partial charge in [0.15, 0.2) is 11.3 Å². The SMILES string of the molecule is COC(=O)CNC(=O)c1cnn2c(C(F)(F)F)cc(-c3cccc4ccccc34)nc12. The average molecular weight is 428 g/mol. The fraction of sp³-hybridized carbons (Fsp3) is 0.143. The number of rotatable bonds is 4. The minimum atomic E-state index is -4.74. The first-order valence-corrected chi connectivity index (χ1v) is 9.08. The van der Waals surface area contributed by atoms with Gasteiger partial charge in [0.1, 0.15) is 12.1 Å². The number of halogens is 3. The first-order valence-electron chi connectivity index (χ1n) is 9.08. The number of alkyl halides is 3. The van der Waals surface area contributed by atoms with Gasteiger partial charge in [-0.1, -0.05) is 42.5 Å². The maximum atomic E-state index is 13.8. The van der Waals surface area contributed by atoms with Crippen molar-refractivity contribution in [1.29, 1.82) is 0 Å². The smallest absolute Gasteiger partial charge is 0.433 e. The van der Waals surface area contributed by atoms with Crippen LogP contribution in [-0.2, 0) is 15.7 Å². The van der Waals surface area contributed by atoms with Crippen molar-refractivity contribution in [3.8, 4) is 11.3 Å². The fourth-order valence-electron chi connectivity index (χ4n) is 3.23. The number of esters is 1. The molecule has 0 radical (unpaired) electrons. The van der Waals surface area contributed by atoms with Crippen molar-refractivity contribution in [2.75, 3.05) is 13.7 Å². The Hall–Kier alpha value is -3.95. The van der Waals surface area contributed by atoms with E-state index >= 15 is 0 Å². The van der Waals surface area contributed by atoms with E-state index in [1.54, 1.807) is 24.3 Å². The summed E-state index contributed by atoms with van der Waals surface area (Å²) in [5.74, 6) is -1.50. The van der Waals surface area contributed by atoms with Gasteiger partial charge < -0.3 is 10.1 Å². The fourth-order valence-corrected chi connectivity index (χ4v) is 3.23. The number of aromatic nitrogens is 3. The summed E-state index contributed by atoms with van der Waals surface area (Å²) in [6.07, 6.45) is -3.76. The second kappa shape index (κ2) is 7.71. The zero-order valence-electron chi connectivity index (χ0n) is 16.1. The van der Waals surface area contributed by atoms with Gasteiger partial charge in [-0.05, 0) is 16.8 Å². The van der Waals surface area contributed by atoms with E-state index in [2.05, 4.69) is 20.1 Å². The minimum absolute atomic E-state index is 0.0409. The molecule has 0 aliphatic rings. The molecule has 31 heavy (non-hydrogen) atoms. The van der Waals surface area contributed by atoms with Crippen LogP contribution in [0.4, 0.5) is 13.2 Å². The van der Waals surface area contributed by atoms with Crippen molar-refractivity contribution in [3.05, 3.63) is 66.0 Å². The molecule has 4 aromatic rings. The molecular weight excluding hydrogens is 413 g/mol. The van der Waals surface area contributed by atoms with E-state index in [0.29, 0.717) is 15.5 Å². The van der Waals surface area contributed by atoms with E-state index in [1.807, 2.05) is 18.2 Å². The third-order valence-electron chi connectivity index (χ3n) is 4.69. The number of amides is 1. The maximum Gasteiger partial charge on any atom is 0.433 e. The molecule has 0 aliphatic carbocycles.